The zero-order valence-electron chi connectivity index (χ0n) is 10.7. The standard InChI is InChI=1S/C13H18ClN3O/c1-3-15-12(7-6-10-5-4-8-18-10)13-11(14)9-16-17(13)2/h4-5,8-9,12,15H,3,6-7H2,1-2H3. The Balaban J connectivity index is 2.08. The van der Waals surface area contributed by atoms with Crippen molar-refractivity contribution in [1.82, 2.24) is 15.1 Å². The predicted molar refractivity (Wildman–Crippen MR) is 71.7 cm³/mol. The number of hydrogen-bond donors (Lipinski definition) is 1. The van der Waals surface area contributed by atoms with Gasteiger partial charge >= 0.3 is 0 Å². The molecule has 4 nitrogen and oxygen atoms in total. The van der Waals surface area contributed by atoms with Gasteiger partial charge in [0.15, 0.2) is 0 Å². The molecule has 5 heteroatoms. The summed E-state index contributed by atoms with van der Waals surface area (Å²) in [5.74, 6) is 0.996. The molecule has 0 saturated heterocycles. The van der Waals surface area contributed by atoms with Gasteiger partial charge in [-0.1, -0.05) is 18.5 Å². The van der Waals surface area contributed by atoms with Crippen LogP contribution in [-0.4, -0.2) is 16.3 Å². The van der Waals surface area contributed by atoms with E-state index < -0.39 is 0 Å². The summed E-state index contributed by atoms with van der Waals surface area (Å²) >= 11 is 6.19. The van der Waals surface area contributed by atoms with Gasteiger partial charge in [-0.3, -0.25) is 4.68 Å². The molecule has 2 aromatic heterocycles. The maximum atomic E-state index is 6.19. The molecule has 0 saturated carbocycles. The summed E-state index contributed by atoms with van der Waals surface area (Å²) in [6.07, 6.45) is 5.20. The summed E-state index contributed by atoms with van der Waals surface area (Å²) in [6, 6.07) is 4.10. The molecular weight excluding hydrogens is 250 g/mol. The van der Waals surface area contributed by atoms with Crippen molar-refractivity contribution >= 4 is 11.6 Å². The first-order valence-electron chi connectivity index (χ1n) is 6.15. The van der Waals surface area contributed by atoms with Gasteiger partial charge in [0.1, 0.15) is 5.76 Å². The summed E-state index contributed by atoms with van der Waals surface area (Å²) in [6.45, 7) is 2.98. The van der Waals surface area contributed by atoms with Gasteiger partial charge in [0.25, 0.3) is 0 Å². The fourth-order valence-corrected chi connectivity index (χ4v) is 2.43. The van der Waals surface area contributed by atoms with Gasteiger partial charge in [0.2, 0.25) is 0 Å². The Morgan fingerprint density at radius 3 is 2.94 bits per heavy atom. The Labute approximate surface area is 112 Å². The Kier molecular flexibility index (Phi) is 4.44. The van der Waals surface area contributed by atoms with E-state index in [0.29, 0.717) is 5.02 Å². The molecular formula is C13H18ClN3O. The number of halogens is 1. The second-order valence-corrected chi connectivity index (χ2v) is 4.64. The van der Waals surface area contributed by atoms with Crippen molar-refractivity contribution in [2.75, 3.05) is 6.54 Å². The number of furan rings is 1. The lowest BCUT2D eigenvalue weighted by Crippen LogP contribution is -2.24. The highest BCUT2D eigenvalue weighted by Crippen LogP contribution is 2.25. The van der Waals surface area contributed by atoms with Crippen molar-refractivity contribution in [2.45, 2.75) is 25.8 Å². The lowest BCUT2D eigenvalue weighted by Gasteiger charge is -2.18. The first-order valence-corrected chi connectivity index (χ1v) is 6.53. The zero-order chi connectivity index (χ0) is 13.0. The first-order chi connectivity index (χ1) is 8.72. The molecule has 2 heterocycles. The van der Waals surface area contributed by atoms with Crippen LogP contribution in [0.1, 0.15) is 30.8 Å². The monoisotopic (exact) mass is 267 g/mol. The highest BCUT2D eigenvalue weighted by atomic mass is 35.5. The molecule has 1 unspecified atom stereocenters. The lowest BCUT2D eigenvalue weighted by molar-refractivity contribution is 0.443. The van der Waals surface area contributed by atoms with E-state index in [2.05, 4.69) is 17.3 Å². The van der Waals surface area contributed by atoms with Gasteiger partial charge in [-0.05, 0) is 25.1 Å². The van der Waals surface area contributed by atoms with E-state index in [1.807, 2.05) is 23.9 Å². The summed E-state index contributed by atoms with van der Waals surface area (Å²) < 4.78 is 7.19. The third-order valence-corrected chi connectivity index (χ3v) is 3.27. The largest absolute Gasteiger partial charge is 0.469 e. The fraction of sp³-hybridized carbons (Fsp3) is 0.462. The quantitative estimate of drug-likeness (QED) is 0.875. The van der Waals surface area contributed by atoms with Crippen LogP contribution in [0.15, 0.2) is 29.0 Å². The second-order valence-electron chi connectivity index (χ2n) is 4.23. The maximum absolute atomic E-state index is 6.19. The Morgan fingerprint density at radius 2 is 2.39 bits per heavy atom. The van der Waals surface area contributed by atoms with Crippen LogP contribution in [0, 0.1) is 0 Å². The SMILES string of the molecule is CCNC(CCc1ccco1)c1c(Cl)cnn1C. The average Bonchev–Trinajstić information content (AvgIpc) is 2.96. The number of nitrogens with zero attached hydrogens (tertiary/aromatic N) is 2. The minimum Gasteiger partial charge on any atom is -0.469 e. The molecule has 0 aromatic carbocycles. The molecule has 0 aliphatic carbocycles. The molecule has 1 N–H and O–H groups in total. The number of nitrogens with one attached hydrogen (secondary N) is 1. The van der Waals surface area contributed by atoms with Crippen LogP contribution >= 0.6 is 11.6 Å². The van der Waals surface area contributed by atoms with Gasteiger partial charge in [0, 0.05) is 13.5 Å². The normalized spacial score (nSPS) is 12.8. The van der Waals surface area contributed by atoms with Crippen LogP contribution in [0.3, 0.4) is 0 Å². The Morgan fingerprint density at radius 1 is 1.56 bits per heavy atom. The number of aryl methyl sites for hydroxylation is 2. The van der Waals surface area contributed by atoms with E-state index in [1.165, 1.54) is 0 Å². The van der Waals surface area contributed by atoms with Gasteiger partial charge < -0.3 is 9.73 Å². The molecule has 1 atom stereocenters. The minimum atomic E-state index is 0.195. The molecule has 18 heavy (non-hydrogen) atoms. The Hall–Kier alpha value is -1.26. The van der Waals surface area contributed by atoms with E-state index >= 15 is 0 Å². The van der Waals surface area contributed by atoms with Crippen molar-refractivity contribution in [2.24, 2.45) is 7.05 Å². The van der Waals surface area contributed by atoms with Gasteiger partial charge in [-0.2, -0.15) is 5.10 Å². The molecule has 2 rings (SSSR count). The van der Waals surface area contributed by atoms with Crippen molar-refractivity contribution in [3.05, 3.63) is 41.1 Å². The highest BCUT2D eigenvalue weighted by molar-refractivity contribution is 6.31. The van der Waals surface area contributed by atoms with Crippen LogP contribution in [0.4, 0.5) is 0 Å². The van der Waals surface area contributed by atoms with Gasteiger partial charge in [-0.25, -0.2) is 0 Å². The molecule has 0 amide bonds. The number of rotatable bonds is 6. The van der Waals surface area contributed by atoms with Crippen LogP contribution in [-0.2, 0) is 13.5 Å². The lowest BCUT2D eigenvalue weighted by atomic mass is 10.1. The zero-order valence-corrected chi connectivity index (χ0v) is 11.4. The third kappa shape index (κ3) is 2.94. The average molecular weight is 268 g/mol. The summed E-state index contributed by atoms with van der Waals surface area (Å²) in [5, 5.41) is 8.34. The van der Waals surface area contributed by atoms with Crippen molar-refractivity contribution < 1.29 is 4.42 Å². The molecule has 98 valence electrons. The van der Waals surface area contributed by atoms with E-state index in [1.54, 1.807) is 12.5 Å². The van der Waals surface area contributed by atoms with Crippen LogP contribution in [0.25, 0.3) is 0 Å². The fourth-order valence-electron chi connectivity index (χ4n) is 2.14. The predicted octanol–water partition coefficient (Wildman–Crippen LogP) is 2.95. The van der Waals surface area contributed by atoms with Crippen molar-refractivity contribution in [3.8, 4) is 0 Å². The third-order valence-electron chi connectivity index (χ3n) is 2.98. The molecule has 0 bridgehead atoms. The molecule has 0 fully saturated rings. The molecule has 0 radical (unpaired) electrons. The topological polar surface area (TPSA) is 43.0 Å². The second kappa shape index (κ2) is 6.07. The van der Waals surface area contributed by atoms with Crippen LogP contribution < -0.4 is 5.32 Å². The van der Waals surface area contributed by atoms with Crippen molar-refractivity contribution in [1.29, 1.82) is 0 Å². The highest BCUT2D eigenvalue weighted by Gasteiger charge is 2.18. The summed E-state index contributed by atoms with van der Waals surface area (Å²) in [5.41, 5.74) is 1.03. The minimum absolute atomic E-state index is 0.195. The first kappa shape index (κ1) is 13.2. The van der Waals surface area contributed by atoms with Crippen molar-refractivity contribution in [3.63, 3.8) is 0 Å². The van der Waals surface area contributed by atoms with E-state index in [-0.39, 0.29) is 6.04 Å². The van der Waals surface area contributed by atoms with E-state index in [4.69, 9.17) is 16.0 Å². The number of aromatic nitrogens is 2. The molecule has 0 aliphatic heterocycles. The van der Waals surface area contributed by atoms with E-state index in [0.717, 1.165) is 30.8 Å². The molecule has 2 aromatic rings. The van der Waals surface area contributed by atoms with Gasteiger partial charge in [-0.15, -0.1) is 0 Å². The molecule has 0 spiro atoms. The van der Waals surface area contributed by atoms with Crippen LogP contribution in [0.5, 0.6) is 0 Å². The smallest absolute Gasteiger partial charge is 0.103 e. The molecule has 0 aliphatic rings. The van der Waals surface area contributed by atoms with E-state index in [9.17, 15) is 0 Å². The maximum Gasteiger partial charge on any atom is 0.103 e. The number of hydrogen-bond acceptors (Lipinski definition) is 3. The summed E-state index contributed by atoms with van der Waals surface area (Å²) in [4.78, 5) is 0. The van der Waals surface area contributed by atoms with Gasteiger partial charge in [0.05, 0.1) is 29.2 Å². The van der Waals surface area contributed by atoms with Crippen LogP contribution in [0.2, 0.25) is 5.02 Å². The Bertz CT molecular complexity index is 459. The summed E-state index contributed by atoms with van der Waals surface area (Å²) in [7, 11) is 1.92.